The molecule has 4 unspecified atom stereocenters. The van der Waals surface area contributed by atoms with Gasteiger partial charge in [-0.3, -0.25) is 0 Å². The SMILES string of the molecule is CNc1ccccc1S(=O)(=O)NC1C2C3CCC(C3)C12. The van der Waals surface area contributed by atoms with E-state index in [1.54, 1.807) is 25.2 Å². The Labute approximate surface area is 120 Å². The summed E-state index contributed by atoms with van der Waals surface area (Å²) in [6, 6.07) is 7.27. The van der Waals surface area contributed by atoms with Crippen molar-refractivity contribution in [2.75, 3.05) is 12.4 Å². The van der Waals surface area contributed by atoms with E-state index in [0.717, 1.165) is 11.8 Å². The zero-order valence-electron chi connectivity index (χ0n) is 11.5. The quantitative estimate of drug-likeness (QED) is 0.893. The summed E-state index contributed by atoms with van der Waals surface area (Å²) in [6.07, 6.45) is 3.94. The monoisotopic (exact) mass is 292 g/mol. The summed E-state index contributed by atoms with van der Waals surface area (Å²) < 4.78 is 28.1. The average molecular weight is 292 g/mol. The third-order valence-corrected chi connectivity index (χ3v) is 6.99. The third-order valence-electron chi connectivity index (χ3n) is 5.47. The van der Waals surface area contributed by atoms with Crippen molar-refractivity contribution in [3.05, 3.63) is 24.3 Å². The van der Waals surface area contributed by atoms with E-state index in [-0.39, 0.29) is 6.04 Å². The molecule has 0 aromatic heterocycles. The first-order valence-electron chi connectivity index (χ1n) is 7.41. The number of nitrogens with one attached hydrogen (secondary N) is 2. The Kier molecular flexibility index (Phi) is 2.67. The Morgan fingerprint density at radius 2 is 1.75 bits per heavy atom. The van der Waals surface area contributed by atoms with E-state index in [0.29, 0.717) is 22.4 Å². The molecule has 4 atom stereocenters. The molecule has 3 aliphatic carbocycles. The fourth-order valence-corrected chi connectivity index (χ4v) is 6.15. The Hall–Kier alpha value is -1.07. The minimum absolute atomic E-state index is 0.191. The summed E-state index contributed by atoms with van der Waals surface area (Å²) in [7, 11) is -1.66. The summed E-state index contributed by atoms with van der Waals surface area (Å²) in [5.41, 5.74) is 0.661. The molecular weight excluding hydrogens is 272 g/mol. The van der Waals surface area contributed by atoms with E-state index in [2.05, 4.69) is 10.0 Å². The van der Waals surface area contributed by atoms with Gasteiger partial charge in [0, 0.05) is 13.1 Å². The van der Waals surface area contributed by atoms with Gasteiger partial charge in [0.25, 0.3) is 0 Å². The van der Waals surface area contributed by atoms with E-state index in [1.165, 1.54) is 19.3 Å². The second kappa shape index (κ2) is 4.21. The van der Waals surface area contributed by atoms with Crippen molar-refractivity contribution >= 4 is 15.7 Å². The number of rotatable bonds is 4. The van der Waals surface area contributed by atoms with Gasteiger partial charge in [0.05, 0.1) is 5.69 Å². The third kappa shape index (κ3) is 1.72. The maximum absolute atomic E-state index is 12.6. The second-order valence-electron chi connectivity index (χ2n) is 6.38. The van der Waals surface area contributed by atoms with Gasteiger partial charge in [-0.15, -0.1) is 0 Å². The molecule has 4 rings (SSSR count). The van der Waals surface area contributed by atoms with Gasteiger partial charge < -0.3 is 5.32 Å². The smallest absolute Gasteiger partial charge is 0.242 e. The molecule has 0 saturated heterocycles. The summed E-state index contributed by atoms with van der Waals surface area (Å²) >= 11 is 0. The Balaban J connectivity index is 1.57. The van der Waals surface area contributed by atoms with Gasteiger partial charge in [0.15, 0.2) is 0 Å². The zero-order valence-corrected chi connectivity index (χ0v) is 12.4. The molecule has 0 aliphatic heterocycles. The van der Waals surface area contributed by atoms with Crippen molar-refractivity contribution in [2.45, 2.75) is 30.2 Å². The van der Waals surface area contributed by atoms with Gasteiger partial charge in [-0.25, -0.2) is 13.1 Å². The molecule has 0 spiro atoms. The van der Waals surface area contributed by atoms with Gasteiger partial charge >= 0.3 is 0 Å². The molecule has 4 nitrogen and oxygen atoms in total. The van der Waals surface area contributed by atoms with Crippen molar-refractivity contribution in [1.82, 2.24) is 4.72 Å². The highest BCUT2D eigenvalue weighted by Gasteiger charge is 2.65. The number of sulfonamides is 1. The maximum atomic E-state index is 12.6. The largest absolute Gasteiger partial charge is 0.387 e. The van der Waals surface area contributed by atoms with Crippen molar-refractivity contribution in [2.24, 2.45) is 23.7 Å². The fraction of sp³-hybridized carbons (Fsp3) is 0.600. The van der Waals surface area contributed by atoms with Crippen LogP contribution in [0.3, 0.4) is 0 Å². The molecule has 3 aliphatic rings. The van der Waals surface area contributed by atoms with Crippen LogP contribution in [0.25, 0.3) is 0 Å². The van der Waals surface area contributed by atoms with Crippen LogP contribution in [-0.4, -0.2) is 21.5 Å². The van der Waals surface area contributed by atoms with Gasteiger partial charge in [0.1, 0.15) is 4.90 Å². The summed E-state index contributed by atoms with van der Waals surface area (Å²) in [4.78, 5) is 0.361. The topological polar surface area (TPSA) is 58.2 Å². The molecule has 0 amide bonds. The van der Waals surface area contributed by atoms with Crippen LogP contribution in [0.2, 0.25) is 0 Å². The number of anilines is 1. The van der Waals surface area contributed by atoms with Crippen LogP contribution in [0.15, 0.2) is 29.2 Å². The number of benzene rings is 1. The van der Waals surface area contributed by atoms with Crippen molar-refractivity contribution < 1.29 is 8.42 Å². The van der Waals surface area contributed by atoms with Crippen molar-refractivity contribution in [3.8, 4) is 0 Å². The van der Waals surface area contributed by atoms with Crippen LogP contribution in [-0.2, 0) is 10.0 Å². The number of para-hydroxylation sites is 1. The highest BCUT2D eigenvalue weighted by atomic mass is 32.2. The van der Waals surface area contributed by atoms with Crippen LogP contribution >= 0.6 is 0 Å². The molecule has 0 heterocycles. The highest BCUT2D eigenvalue weighted by Crippen LogP contribution is 2.65. The fourth-order valence-electron chi connectivity index (χ4n) is 4.63. The molecule has 1 aromatic carbocycles. The van der Waals surface area contributed by atoms with E-state index >= 15 is 0 Å². The number of hydrogen-bond donors (Lipinski definition) is 2. The van der Waals surface area contributed by atoms with E-state index < -0.39 is 10.0 Å². The minimum Gasteiger partial charge on any atom is -0.387 e. The maximum Gasteiger partial charge on any atom is 0.242 e. The van der Waals surface area contributed by atoms with Crippen LogP contribution in [0.1, 0.15) is 19.3 Å². The Bertz CT molecular complexity index is 627. The number of hydrogen-bond acceptors (Lipinski definition) is 3. The Morgan fingerprint density at radius 3 is 2.40 bits per heavy atom. The molecule has 2 N–H and O–H groups in total. The Morgan fingerprint density at radius 1 is 1.10 bits per heavy atom. The lowest BCUT2D eigenvalue weighted by atomic mass is 10.0. The zero-order chi connectivity index (χ0) is 13.9. The summed E-state index contributed by atoms with van der Waals surface area (Å²) in [5.74, 6) is 2.78. The van der Waals surface area contributed by atoms with Gasteiger partial charge in [0.2, 0.25) is 10.0 Å². The van der Waals surface area contributed by atoms with E-state index in [9.17, 15) is 8.42 Å². The second-order valence-corrected chi connectivity index (χ2v) is 8.06. The van der Waals surface area contributed by atoms with Gasteiger partial charge in [-0.2, -0.15) is 0 Å². The van der Waals surface area contributed by atoms with Crippen LogP contribution < -0.4 is 10.0 Å². The molecule has 1 aromatic rings. The number of fused-ring (bicyclic) bond motifs is 5. The van der Waals surface area contributed by atoms with E-state index in [4.69, 9.17) is 0 Å². The average Bonchev–Trinajstić information content (AvgIpc) is 2.85. The minimum atomic E-state index is -3.41. The molecule has 20 heavy (non-hydrogen) atoms. The van der Waals surface area contributed by atoms with Crippen molar-refractivity contribution in [1.29, 1.82) is 0 Å². The van der Waals surface area contributed by atoms with Crippen LogP contribution in [0.4, 0.5) is 5.69 Å². The first-order chi connectivity index (χ1) is 9.62. The predicted octanol–water partition coefficient (Wildman–Crippen LogP) is 2.05. The molecule has 3 saturated carbocycles. The molecular formula is C15H20N2O2S. The van der Waals surface area contributed by atoms with Crippen LogP contribution in [0, 0.1) is 23.7 Å². The van der Waals surface area contributed by atoms with Crippen LogP contribution in [0.5, 0.6) is 0 Å². The lowest BCUT2D eigenvalue weighted by Crippen LogP contribution is -2.30. The first kappa shape index (κ1) is 12.7. The van der Waals surface area contributed by atoms with E-state index in [1.807, 2.05) is 6.07 Å². The summed E-state index contributed by atoms with van der Waals surface area (Å²) in [5, 5.41) is 2.96. The lowest BCUT2D eigenvalue weighted by Gasteiger charge is -2.13. The molecule has 2 bridgehead atoms. The molecule has 5 heteroatoms. The molecule has 3 fully saturated rings. The van der Waals surface area contributed by atoms with Gasteiger partial charge in [-0.05, 0) is 55.1 Å². The summed E-state index contributed by atoms with van der Waals surface area (Å²) in [6.45, 7) is 0. The standard InChI is InChI=1S/C15H20N2O2S/c1-16-11-4-2-3-5-12(11)20(18,19)17-15-13-9-6-7-10(8-9)14(13)15/h2-5,9-10,13-17H,6-8H2,1H3. The van der Waals surface area contributed by atoms with Crippen molar-refractivity contribution in [3.63, 3.8) is 0 Å². The highest BCUT2D eigenvalue weighted by molar-refractivity contribution is 7.89. The van der Waals surface area contributed by atoms with Gasteiger partial charge in [-0.1, -0.05) is 12.1 Å². The molecule has 108 valence electrons. The normalized spacial score (nSPS) is 37.8. The predicted molar refractivity (Wildman–Crippen MR) is 77.9 cm³/mol. The first-order valence-corrected chi connectivity index (χ1v) is 8.89. The molecule has 0 radical (unpaired) electrons. The lowest BCUT2D eigenvalue weighted by molar-refractivity contribution is 0.456.